The van der Waals surface area contributed by atoms with E-state index in [9.17, 15) is 5.11 Å². The number of methoxy groups -OCH3 is 1. The van der Waals surface area contributed by atoms with E-state index in [1.54, 1.807) is 13.2 Å². The van der Waals surface area contributed by atoms with Crippen molar-refractivity contribution in [2.75, 3.05) is 7.11 Å². The zero-order valence-corrected chi connectivity index (χ0v) is 11.9. The van der Waals surface area contributed by atoms with Crippen LogP contribution in [0.25, 0.3) is 0 Å². The lowest BCUT2D eigenvalue weighted by molar-refractivity contribution is 0.405. The van der Waals surface area contributed by atoms with Crippen molar-refractivity contribution in [2.45, 2.75) is 40.3 Å². The summed E-state index contributed by atoms with van der Waals surface area (Å²) in [7, 11) is 1.60. The molecule has 100 valence electrons. The van der Waals surface area contributed by atoms with E-state index in [-0.39, 0.29) is 5.75 Å². The summed E-state index contributed by atoms with van der Waals surface area (Å²) in [6, 6.07) is 5.93. The zero-order chi connectivity index (χ0) is 13.6. The van der Waals surface area contributed by atoms with Gasteiger partial charge in [-0.25, -0.2) is 0 Å². The Labute approximate surface area is 109 Å². The van der Waals surface area contributed by atoms with Crippen LogP contribution in [-0.4, -0.2) is 18.3 Å². The molecular formula is C15H23NO2. The largest absolute Gasteiger partial charge is 0.507 e. The van der Waals surface area contributed by atoms with E-state index in [2.05, 4.69) is 33.0 Å². The van der Waals surface area contributed by atoms with Crippen molar-refractivity contribution >= 4 is 0 Å². The molecule has 0 amide bonds. The first-order valence-corrected chi connectivity index (χ1v) is 6.40. The van der Waals surface area contributed by atoms with Gasteiger partial charge >= 0.3 is 0 Å². The van der Waals surface area contributed by atoms with Gasteiger partial charge in [0, 0.05) is 24.2 Å². The summed E-state index contributed by atoms with van der Waals surface area (Å²) < 4.78 is 5.07. The van der Waals surface area contributed by atoms with Gasteiger partial charge in [-0.15, -0.1) is 0 Å². The summed E-state index contributed by atoms with van der Waals surface area (Å²) in [4.78, 5) is 0. The van der Waals surface area contributed by atoms with Crippen LogP contribution in [0.3, 0.4) is 0 Å². The molecule has 1 aliphatic carbocycles. The lowest BCUT2D eigenvalue weighted by Crippen LogP contribution is -2.21. The smallest absolute Gasteiger partial charge is 0.123 e. The van der Waals surface area contributed by atoms with Crippen LogP contribution < -0.4 is 10.1 Å². The van der Waals surface area contributed by atoms with Crippen LogP contribution in [0.1, 0.15) is 33.3 Å². The fraction of sp³-hybridized carbons (Fsp3) is 0.600. The molecule has 3 heteroatoms. The third-order valence-corrected chi connectivity index (χ3v) is 4.81. The van der Waals surface area contributed by atoms with Crippen LogP contribution in [0.5, 0.6) is 11.5 Å². The number of hydrogen-bond donors (Lipinski definition) is 2. The first-order chi connectivity index (χ1) is 8.30. The number of benzene rings is 1. The molecule has 0 unspecified atom stereocenters. The molecule has 0 aromatic heterocycles. The minimum Gasteiger partial charge on any atom is -0.507 e. The molecule has 0 bridgehead atoms. The topological polar surface area (TPSA) is 41.5 Å². The first-order valence-electron chi connectivity index (χ1n) is 6.40. The van der Waals surface area contributed by atoms with Crippen molar-refractivity contribution in [1.82, 2.24) is 5.32 Å². The lowest BCUT2D eigenvalue weighted by atomic mass is 10.0. The predicted molar refractivity (Wildman–Crippen MR) is 72.8 cm³/mol. The van der Waals surface area contributed by atoms with Crippen molar-refractivity contribution in [2.24, 2.45) is 10.8 Å². The van der Waals surface area contributed by atoms with Crippen molar-refractivity contribution in [3.63, 3.8) is 0 Å². The summed E-state index contributed by atoms with van der Waals surface area (Å²) in [5.41, 5.74) is 1.54. The first kappa shape index (κ1) is 13.2. The number of hydrogen-bond acceptors (Lipinski definition) is 3. The normalized spacial score (nSPS) is 20.7. The number of ether oxygens (including phenoxy) is 1. The number of rotatable bonds is 4. The molecule has 1 aliphatic rings. The second-order valence-electron chi connectivity index (χ2n) is 6.25. The van der Waals surface area contributed by atoms with Crippen molar-refractivity contribution in [3.8, 4) is 11.5 Å². The van der Waals surface area contributed by atoms with E-state index in [0.29, 0.717) is 29.2 Å². The molecular weight excluding hydrogens is 226 g/mol. The molecule has 2 N–H and O–H groups in total. The molecule has 1 aromatic carbocycles. The van der Waals surface area contributed by atoms with Gasteiger partial charge in [-0.3, -0.25) is 0 Å². The Morgan fingerprint density at radius 1 is 1.22 bits per heavy atom. The quantitative estimate of drug-likeness (QED) is 0.862. The Morgan fingerprint density at radius 2 is 1.83 bits per heavy atom. The van der Waals surface area contributed by atoms with Crippen LogP contribution >= 0.6 is 0 Å². The molecule has 0 aliphatic heterocycles. The minimum absolute atomic E-state index is 0.290. The Bertz CT molecular complexity index is 438. The standard InChI is InChI=1S/C15H23NO2/c1-14(2)13(15(14,3)4)16-9-10-6-7-11(18-5)8-12(10)17/h6-8,13,16-17H,9H2,1-5H3. The number of aromatic hydroxyl groups is 1. The van der Waals surface area contributed by atoms with Gasteiger partial charge in [-0.05, 0) is 16.9 Å². The molecule has 1 aromatic rings. The summed E-state index contributed by atoms with van der Waals surface area (Å²) in [5.74, 6) is 0.974. The third-order valence-electron chi connectivity index (χ3n) is 4.81. The Morgan fingerprint density at radius 3 is 2.28 bits per heavy atom. The highest BCUT2D eigenvalue weighted by Crippen LogP contribution is 2.62. The average Bonchev–Trinajstić information content (AvgIpc) is 2.68. The molecule has 1 fully saturated rings. The summed E-state index contributed by atoms with van der Waals surface area (Å²) in [6.07, 6.45) is 0. The fourth-order valence-electron chi connectivity index (χ4n) is 2.74. The number of phenols is 1. The van der Waals surface area contributed by atoms with Gasteiger partial charge in [0.05, 0.1) is 7.11 Å². The molecule has 0 heterocycles. The van der Waals surface area contributed by atoms with Gasteiger partial charge in [0.15, 0.2) is 0 Å². The Hall–Kier alpha value is -1.22. The highest BCUT2D eigenvalue weighted by molar-refractivity contribution is 5.39. The molecule has 0 spiro atoms. The predicted octanol–water partition coefficient (Wildman–Crippen LogP) is 2.93. The SMILES string of the molecule is COc1ccc(CNC2C(C)(C)C2(C)C)c(O)c1. The zero-order valence-electron chi connectivity index (χ0n) is 11.9. The second-order valence-corrected chi connectivity index (χ2v) is 6.25. The maximum atomic E-state index is 9.90. The van der Waals surface area contributed by atoms with Crippen LogP contribution in [0.4, 0.5) is 0 Å². The van der Waals surface area contributed by atoms with Crippen molar-refractivity contribution in [3.05, 3.63) is 23.8 Å². The Kier molecular flexibility index (Phi) is 3.06. The highest BCUT2D eigenvalue weighted by Gasteiger charge is 2.64. The van der Waals surface area contributed by atoms with Crippen LogP contribution in [0.2, 0.25) is 0 Å². The van der Waals surface area contributed by atoms with E-state index in [1.165, 1.54) is 0 Å². The van der Waals surface area contributed by atoms with Gasteiger partial charge in [0.1, 0.15) is 11.5 Å². The monoisotopic (exact) mass is 249 g/mol. The average molecular weight is 249 g/mol. The molecule has 0 radical (unpaired) electrons. The highest BCUT2D eigenvalue weighted by atomic mass is 16.5. The lowest BCUT2D eigenvalue weighted by Gasteiger charge is -2.09. The van der Waals surface area contributed by atoms with Gasteiger partial charge in [0.2, 0.25) is 0 Å². The fourth-order valence-corrected chi connectivity index (χ4v) is 2.74. The van der Waals surface area contributed by atoms with E-state index in [4.69, 9.17) is 4.74 Å². The molecule has 0 atom stereocenters. The van der Waals surface area contributed by atoms with Crippen LogP contribution in [-0.2, 0) is 6.54 Å². The van der Waals surface area contributed by atoms with E-state index in [0.717, 1.165) is 5.56 Å². The molecule has 3 nitrogen and oxygen atoms in total. The van der Waals surface area contributed by atoms with E-state index < -0.39 is 0 Å². The summed E-state index contributed by atoms with van der Waals surface area (Å²) in [5, 5.41) is 13.4. The van der Waals surface area contributed by atoms with Gasteiger partial charge in [-0.2, -0.15) is 0 Å². The second kappa shape index (κ2) is 4.16. The molecule has 18 heavy (non-hydrogen) atoms. The van der Waals surface area contributed by atoms with Crippen molar-refractivity contribution < 1.29 is 9.84 Å². The Balaban J connectivity index is 2.00. The number of phenolic OH excluding ortho intramolecular Hbond substituents is 1. The maximum Gasteiger partial charge on any atom is 0.123 e. The summed E-state index contributed by atoms with van der Waals surface area (Å²) in [6.45, 7) is 9.79. The van der Waals surface area contributed by atoms with Crippen LogP contribution in [0.15, 0.2) is 18.2 Å². The maximum absolute atomic E-state index is 9.90. The summed E-state index contributed by atoms with van der Waals surface area (Å²) >= 11 is 0. The van der Waals surface area contributed by atoms with Gasteiger partial charge in [-0.1, -0.05) is 33.8 Å². The van der Waals surface area contributed by atoms with Gasteiger partial charge < -0.3 is 15.2 Å². The number of nitrogens with one attached hydrogen (secondary N) is 1. The van der Waals surface area contributed by atoms with E-state index in [1.807, 2.05) is 12.1 Å². The van der Waals surface area contributed by atoms with Gasteiger partial charge in [0.25, 0.3) is 0 Å². The minimum atomic E-state index is 0.290. The molecule has 0 saturated heterocycles. The molecule has 2 rings (SSSR count). The van der Waals surface area contributed by atoms with Crippen molar-refractivity contribution in [1.29, 1.82) is 0 Å². The van der Waals surface area contributed by atoms with Crippen LogP contribution in [0, 0.1) is 10.8 Å². The molecule has 1 saturated carbocycles. The van der Waals surface area contributed by atoms with E-state index >= 15 is 0 Å². The third kappa shape index (κ3) is 1.97.